The monoisotopic (exact) mass is 216 g/mol. The van der Waals surface area contributed by atoms with Crippen LogP contribution in [0, 0.1) is 0 Å². The molecule has 1 saturated heterocycles. The maximum absolute atomic E-state index is 9.95. The summed E-state index contributed by atoms with van der Waals surface area (Å²) in [6.45, 7) is 11.7. The topological polar surface area (TPSA) is 46.9 Å². The summed E-state index contributed by atoms with van der Waals surface area (Å²) in [6, 6.07) is 0.255. The van der Waals surface area contributed by atoms with E-state index in [1.807, 2.05) is 18.7 Å². The maximum Gasteiger partial charge on any atom is 0.113 e. The van der Waals surface area contributed by atoms with Crippen LogP contribution in [0.4, 0.5) is 0 Å². The van der Waals surface area contributed by atoms with Gasteiger partial charge in [0.25, 0.3) is 0 Å². The van der Waals surface area contributed by atoms with E-state index in [1.54, 1.807) is 13.8 Å². The van der Waals surface area contributed by atoms with Crippen molar-refractivity contribution in [1.82, 2.24) is 9.80 Å². The first-order valence-electron chi connectivity index (χ1n) is 5.59. The fourth-order valence-corrected chi connectivity index (χ4v) is 2.27. The molecule has 0 radical (unpaired) electrons. The van der Waals surface area contributed by atoms with Gasteiger partial charge in [0.05, 0.1) is 0 Å². The zero-order valence-corrected chi connectivity index (χ0v) is 10.5. The molecule has 4 heteroatoms. The van der Waals surface area contributed by atoms with Crippen LogP contribution in [0.25, 0.3) is 0 Å². The summed E-state index contributed by atoms with van der Waals surface area (Å²) in [5.41, 5.74) is -1.54. The minimum atomic E-state index is -0.773. The summed E-state index contributed by atoms with van der Waals surface area (Å²) in [5, 5.41) is 19.8. The Labute approximate surface area is 92.5 Å². The Kier molecular flexibility index (Phi) is 3.45. The van der Waals surface area contributed by atoms with Gasteiger partial charge in [0, 0.05) is 25.7 Å². The van der Waals surface area contributed by atoms with Crippen molar-refractivity contribution < 1.29 is 10.2 Å². The van der Waals surface area contributed by atoms with E-state index in [-0.39, 0.29) is 6.04 Å². The zero-order chi connectivity index (χ0) is 11.9. The molecule has 0 amide bonds. The first kappa shape index (κ1) is 12.9. The second kappa shape index (κ2) is 4.01. The lowest BCUT2D eigenvalue weighted by molar-refractivity contribution is -0.160. The zero-order valence-electron chi connectivity index (χ0n) is 10.5. The number of hydrogen-bond donors (Lipinski definition) is 2. The molecule has 0 bridgehead atoms. The van der Waals surface area contributed by atoms with E-state index in [4.69, 9.17) is 0 Å². The highest BCUT2D eigenvalue weighted by Crippen LogP contribution is 2.22. The van der Waals surface area contributed by atoms with Gasteiger partial charge in [0.2, 0.25) is 0 Å². The normalized spacial score (nSPS) is 27.0. The summed E-state index contributed by atoms with van der Waals surface area (Å²) < 4.78 is 0. The van der Waals surface area contributed by atoms with Crippen molar-refractivity contribution in [3.05, 3.63) is 0 Å². The van der Waals surface area contributed by atoms with Crippen molar-refractivity contribution in [1.29, 1.82) is 0 Å². The largest absolute Gasteiger partial charge is 0.376 e. The Morgan fingerprint density at radius 2 is 1.53 bits per heavy atom. The SMILES string of the molecule is CC1CN(C(C)(C)O)CCN1C(C)(C)O. The first-order chi connectivity index (χ1) is 6.62. The van der Waals surface area contributed by atoms with Crippen LogP contribution in [0.2, 0.25) is 0 Å². The van der Waals surface area contributed by atoms with Crippen molar-refractivity contribution >= 4 is 0 Å². The van der Waals surface area contributed by atoms with Gasteiger partial charge in [-0.05, 0) is 34.6 Å². The Morgan fingerprint density at radius 3 is 1.87 bits per heavy atom. The molecule has 0 spiro atoms. The van der Waals surface area contributed by atoms with E-state index >= 15 is 0 Å². The van der Waals surface area contributed by atoms with Crippen LogP contribution >= 0.6 is 0 Å². The number of nitrogens with zero attached hydrogens (tertiary/aromatic N) is 2. The van der Waals surface area contributed by atoms with E-state index in [0.29, 0.717) is 0 Å². The molecule has 1 rings (SSSR count). The molecule has 1 heterocycles. The summed E-state index contributed by atoms with van der Waals surface area (Å²) in [4.78, 5) is 4.11. The molecule has 2 N–H and O–H groups in total. The number of piperazine rings is 1. The highest BCUT2D eigenvalue weighted by atomic mass is 16.3. The average molecular weight is 216 g/mol. The molecule has 0 aliphatic carbocycles. The van der Waals surface area contributed by atoms with Crippen molar-refractivity contribution in [3.8, 4) is 0 Å². The molecule has 1 fully saturated rings. The molecule has 1 unspecified atom stereocenters. The number of aliphatic hydroxyl groups is 2. The standard InChI is InChI=1S/C11H24N2O2/c1-9-8-12(10(2,3)14)6-7-13(9)11(4,5)15/h9,14-15H,6-8H2,1-5H3. The summed E-state index contributed by atoms with van der Waals surface area (Å²) >= 11 is 0. The third kappa shape index (κ3) is 3.14. The van der Waals surface area contributed by atoms with Gasteiger partial charge < -0.3 is 10.2 Å². The van der Waals surface area contributed by atoms with Crippen LogP contribution in [-0.4, -0.2) is 57.1 Å². The Bertz CT molecular complexity index is 218. The smallest absolute Gasteiger partial charge is 0.113 e. The van der Waals surface area contributed by atoms with Crippen LogP contribution in [0.3, 0.4) is 0 Å². The predicted octanol–water partition coefficient (Wildman–Crippen LogP) is 0.449. The van der Waals surface area contributed by atoms with Crippen molar-refractivity contribution in [2.24, 2.45) is 0 Å². The van der Waals surface area contributed by atoms with Gasteiger partial charge in [-0.2, -0.15) is 0 Å². The van der Waals surface area contributed by atoms with Crippen LogP contribution in [0.5, 0.6) is 0 Å². The molecule has 15 heavy (non-hydrogen) atoms. The van der Waals surface area contributed by atoms with Gasteiger partial charge in [0.15, 0.2) is 0 Å². The number of hydrogen-bond acceptors (Lipinski definition) is 4. The van der Waals surface area contributed by atoms with Gasteiger partial charge in [-0.1, -0.05) is 0 Å². The van der Waals surface area contributed by atoms with Crippen LogP contribution in [0.1, 0.15) is 34.6 Å². The van der Waals surface area contributed by atoms with Gasteiger partial charge in [-0.25, -0.2) is 0 Å². The lowest BCUT2D eigenvalue weighted by Crippen LogP contribution is -2.62. The third-order valence-corrected chi connectivity index (χ3v) is 3.10. The van der Waals surface area contributed by atoms with Crippen molar-refractivity contribution in [2.45, 2.75) is 52.1 Å². The molecule has 0 saturated carbocycles. The molecule has 1 aliphatic rings. The third-order valence-electron chi connectivity index (χ3n) is 3.10. The molecular weight excluding hydrogens is 192 g/mol. The minimum Gasteiger partial charge on any atom is -0.376 e. The van der Waals surface area contributed by atoms with E-state index in [0.717, 1.165) is 19.6 Å². The number of rotatable bonds is 2. The fraction of sp³-hybridized carbons (Fsp3) is 1.00. The fourth-order valence-electron chi connectivity index (χ4n) is 2.27. The average Bonchev–Trinajstić information content (AvgIpc) is 1.99. The van der Waals surface area contributed by atoms with E-state index in [9.17, 15) is 10.2 Å². The molecule has 0 aromatic heterocycles. The van der Waals surface area contributed by atoms with Crippen LogP contribution < -0.4 is 0 Å². The Morgan fingerprint density at radius 1 is 1.00 bits per heavy atom. The van der Waals surface area contributed by atoms with Gasteiger partial charge in [-0.3, -0.25) is 9.80 Å². The molecule has 4 nitrogen and oxygen atoms in total. The van der Waals surface area contributed by atoms with Crippen molar-refractivity contribution in [2.75, 3.05) is 19.6 Å². The van der Waals surface area contributed by atoms with Crippen LogP contribution in [-0.2, 0) is 0 Å². The highest BCUT2D eigenvalue weighted by molar-refractivity contribution is 4.86. The van der Waals surface area contributed by atoms with Gasteiger partial charge >= 0.3 is 0 Å². The van der Waals surface area contributed by atoms with Crippen LogP contribution in [0.15, 0.2) is 0 Å². The molecule has 1 aliphatic heterocycles. The maximum atomic E-state index is 9.95. The molecule has 0 aromatic carbocycles. The van der Waals surface area contributed by atoms with E-state index < -0.39 is 11.4 Å². The lowest BCUT2D eigenvalue weighted by Gasteiger charge is -2.48. The minimum absolute atomic E-state index is 0.255. The molecule has 90 valence electrons. The first-order valence-corrected chi connectivity index (χ1v) is 5.59. The highest BCUT2D eigenvalue weighted by Gasteiger charge is 2.36. The van der Waals surface area contributed by atoms with E-state index in [1.165, 1.54) is 0 Å². The summed E-state index contributed by atoms with van der Waals surface area (Å²) in [5.74, 6) is 0. The molecular formula is C11H24N2O2. The van der Waals surface area contributed by atoms with Gasteiger partial charge in [-0.15, -0.1) is 0 Å². The lowest BCUT2D eigenvalue weighted by atomic mass is 10.1. The Hall–Kier alpha value is -0.160. The molecule has 0 aromatic rings. The van der Waals surface area contributed by atoms with Crippen molar-refractivity contribution in [3.63, 3.8) is 0 Å². The van der Waals surface area contributed by atoms with Gasteiger partial charge in [0.1, 0.15) is 11.4 Å². The molecule has 1 atom stereocenters. The van der Waals surface area contributed by atoms with E-state index in [2.05, 4.69) is 11.8 Å². The quantitative estimate of drug-likeness (QED) is 0.703. The summed E-state index contributed by atoms with van der Waals surface area (Å²) in [7, 11) is 0. The Balaban J connectivity index is 2.64. The predicted molar refractivity (Wildman–Crippen MR) is 60.3 cm³/mol. The second-order valence-corrected chi connectivity index (χ2v) is 5.48. The second-order valence-electron chi connectivity index (χ2n) is 5.48. The summed E-state index contributed by atoms with van der Waals surface area (Å²) in [6.07, 6.45) is 0.